The van der Waals surface area contributed by atoms with Crippen LogP contribution in [0.5, 0.6) is 0 Å². The van der Waals surface area contributed by atoms with Crippen LogP contribution in [-0.2, 0) is 21.1 Å². The van der Waals surface area contributed by atoms with Gasteiger partial charge in [0.05, 0.1) is 6.61 Å². The summed E-state index contributed by atoms with van der Waals surface area (Å²) in [5.74, 6) is 0. The van der Waals surface area contributed by atoms with Crippen molar-refractivity contribution in [1.29, 1.82) is 0 Å². The molecule has 2 rings (SSSR count). The monoisotopic (exact) mass is 226 g/mol. The van der Waals surface area contributed by atoms with Crippen molar-refractivity contribution in [2.75, 3.05) is 0 Å². The van der Waals surface area contributed by atoms with Gasteiger partial charge in [0.25, 0.3) is 0 Å². The molecule has 0 bridgehead atoms. The van der Waals surface area contributed by atoms with Crippen LogP contribution in [0.15, 0.2) is 30.5 Å². The second kappa shape index (κ2) is 3.65. The average Bonchev–Trinajstić information content (AvgIpc) is 2.61. The molecule has 0 amide bonds. The second-order valence-corrected chi connectivity index (χ2v) is 4.33. The molecule has 2 aromatic rings. The van der Waals surface area contributed by atoms with E-state index in [1.54, 1.807) is 12.3 Å². The summed E-state index contributed by atoms with van der Waals surface area (Å²) in [5, 5.41) is 5.68. The molecule has 1 aromatic carbocycles. The molecular formula is C9H10N2O3S. The van der Waals surface area contributed by atoms with Crippen LogP contribution in [0.4, 0.5) is 0 Å². The van der Waals surface area contributed by atoms with E-state index in [1.165, 1.54) is 0 Å². The lowest BCUT2D eigenvalue weighted by Crippen LogP contribution is -2.15. The van der Waals surface area contributed by atoms with Crippen LogP contribution < -0.4 is 5.14 Å². The van der Waals surface area contributed by atoms with Crippen LogP contribution in [0.1, 0.15) is 5.56 Å². The van der Waals surface area contributed by atoms with Gasteiger partial charge in [0.15, 0.2) is 0 Å². The van der Waals surface area contributed by atoms with Gasteiger partial charge in [-0.05, 0) is 17.7 Å². The van der Waals surface area contributed by atoms with Gasteiger partial charge >= 0.3 is 10.3 Å². The summed E-state index contributed by atoms with van der Waals surface area (Å²) in [5.41, 5.74) is 1.72. The fourth-order valence-corrected chi connectivity index (χ4v) is 1.71. The van der Waals surface area contributed by atoms with Crippen molar-refractivity contribution < 1.29 is 12.6 Å². The van der Waals surface area contributed by atoms with Crippen LogP contribution in [0, 0.1) is 0 Å². The summed E-state index contributed by atoms with van der Waals surface area (Å²) in [4.78, 5) is 3.02. The quantitative estimate of drug-likeness (QED) is 0.814. The number of benzene rings is 1. The highest BCUT2D eigenvalue weighted by Crippen LogP contribution is 2.18. The summed E-state index contributed by atoms with van der Waals surface area (Å²) in [6.45, 7) is -0.0476. The first-order valence-corrected chi connectivity index (χ1v) is 5.75. The van der Waals surface area contributed by atoms with Crippen LogP contribution in [0.2, 0.25) is 0 Å². The summed E-state index contributed by atoms with van der Waals surface area (Å²) < 4.78 is 25.8. The Bertz CT molecular complexity index is 574. The number of H-pyrrole nitrogens is 1. The zero-order chi connectivity index (χ0) is 10.9. The standard InChI is InChI=1S/C9H10N2O3S/c10-15(12,13)14-6-7-2-1-3-9-8(7)4-5-11-9/h1-5,11H,6H2,(H2,10,12,13). The van der Waals surface area contributed by atoms with Gasteiger partial charge in [0, 0.05) is 17.1 Å². The van der Waals surface area contributed by atoms with Gasteiger partial charge in [-0.1, -0.05) is 12.1 Å². The SMILES string of the molecule is NS(=O)(=O)OCc1cccc2[nH]ccc12. The van der Waals surface area contributed by atoms with Crippen molar-refractivity contribution in [3.05, 3.63) is 36.0 Å². The van der Waals surface area contributed by atoms with Gasteiger partial charge < -0.3 is 4.98 Å². The molecule has 0 saturated heterocycles. The zero-order valence-electron chi connectivity index (χ0n) is 7.80. The van der Waals surface area contributed by atoms with Crippen LogP contribution in [-0.4, -0.2) is 13.4 Å². The predicted octanol–water partition coefficient (Wildman–Crippen LogP) is 0.888. The Hall–Kier alpha value is -1.37. The van der Waals surface area contributed by atoms with Crippen molar-refractivity contribution in [3.8, 4) is 0 Å². The minimum absolute atomic E-state index is 0.0476. The molecule has 1 heterocycles. The van der Waals surface area contributed by atoms with E-state index >= 15 is 0 Å². The Balaban J connectivity index is 2.32. The van der Waals surface area contributed by atoms with Gasteiger partial charge in [0.1, 0.15) is 0 Å². The molecule has 0 fully saturated rings. The second-order valence-electron chi connectivity index (χ2n) is 3.11. The molecule has 1 aromatic heterocycles. The number of fused-ring (bicyclic) bond motifs is 1. The molecule has 0 aliphatic carbocycles. The highest BCUT2D eigenvalue weighted by Gasteiger charge is 2.06. The third kappa shape index (κ3) is 2.35. The molecular weight excluding hydrogens is 216 g/mol. The Morgan fingerprint density at radius 1 is 1.33 bits per heavy atom. The zero-order valence-corrected chi connectivity index (χ0v) is 8.62. The lowest BCUT2D eigenvalue weighted by molar-refractivity contribution is 0.310. The van der Waals surface area contributed by atoms with E-state index in [0.29, 0.717) is 0 Å². The van der Waals surface area contributed by atoms with Crippen LogP contribution in [0.3, 0.4) is 0 Å². The number of aromatic amines is 1. The van der Waals surface area contributed by atoms with E-state index < -0.39 is 10.3 Å². The van der Waals surface area contributed by atoms with E-state index in [1.807, 2.05) is 18.2 Å². The van der Waals surface area contributed by atoms with E-state index in [-0.39, 0.29) is 6.61 Å². The smallest absolute Gasteiger partial charge is 0.333 e. The van der Waals surface area contributed by atoms with E-state index in [4.69, 9.17) is 5.14 Å². The van der Waals surface area contributed by atoms with E-state index in [0.717, 1.165) is 16.5 Å². The first-order chi connectivity index (χ1) is 7.06. The molecule has 15 heavy (non-hydrogen) atoms. The molecule has 0 saturated carbocycles. The minimum Gasteiger partial charge on any atom is -0.361 e. The van der Waals surface area contributed by atoms with Crippen molar-refractivity contribution in [3.63, 3.8) is 0 Å². The molecule has 0 spiro atoms. The van der Waals surface area contributed by atoms with E-state index in [2.05, 4.69) is 9.17 Å². The fraction of sp³-hybridized carbons (Fsp3) is 0.111. The Morgan fingerprint density at radius 2 is 2.13 bits per heavy atom. The number of nitrogens with two attached hydrogens (primary N) is 1. The van der Waals surface area contributed by atoms with Crippen molar-refractivity contribution in [2.24, 2.45) is 5.14 Å². The highest BCUT2D eigenvalue weighted by atomic mass is 32.2. The summed E-state index contributed by atoms with van der Waals surface area (Å²) >= 11 is 0. The van der Waals surface area contributed by atoms with Gasteiger partial charge in [-0.3, -0.25) is 4.18 Å². The van der Waals surface area contributed by atoms with Crippen molar-refractivity contribution >= 4 is 21.2 Å². The van der Waals surface area contributed by atoms with Gasteiger partial charge in [-0.25, -0.2) is 5.14 Å². The maximum absolute atomic E-state index is 10.6. The van der Waals surface area contributed by atoms with Gasteiger partial charge in [-0.15, -0.1) is 0 Å². The van der Waals surface area contributed by atoms with Crippen LogP contribution >= 0.6 is 0 Å². The molecule has 0 aliphatic heterocycles. The maximum atomic E-state index is 10.6. The summed E-state index contributed by atoms with van der Waals surface area (Å²) in [6.07, 6.45) is 1.78. The molecule has 0 unspecified atom stereocenters. The van der Waals surface area contributed by atoms with Crippen LogP contribution in [0.25, 0.3) is 10.9 Å². The summed E-state index contributed by atoms with van der Waals surface area (Å²) in [7, 11) is -3.88. The third-order valence-electron chi connectivity index (χ3n) is 2.06. The van der Waals surface area contributed by atoms with E-state index in [9.17, 15) is 8.42 Å². The molecule has 0 aliphatic rings. The summed E-state index contributed by atoms with van der Waals surface area (Å²) in [6, 6.07) is 7.37. The molecule has 0 radical (unpaired) electrons. The normalized spacial score (nSPS) is 12.1. The molecule has 0 atom stereocenters. The first-order valence-electron chi connectivity index (χ1n) is 4.28. The highest BCUT2D eigenvalue weighted by molar-refractivity contribution is 7.84. The predicted molar refractivity (Wildman–Crippen MR) is 56.2 cm³/mol. The number of nitrogens with one attached hydrogen (secondary N) is 1. The van der Waals surface area contributed by atoms with Crippen molar-refractivity contribution in [1.82, 2.24) is 4.98 Å². The lowest BCUT2D eigenvalue weighted by atomic mass is 10.1. The molecule has 80 valence electrons. The number of hydrogen-bond acceptors (Lipinski definition) is 3. The number of aromatic nitrogens is 1. The Morgan fingerprint density at radius 3 is 2.87 bits per heavy atom. The largest absolute Gasteiger partial charge is 0.361 e. The average molecular weight is 226 g/mol. The Kier molecular flexibility index (Phi) is 2.47. The van der Waals surface area contributed by atoms with Gasteiger partial charge in [0.2, 0.25) is 0 Å². The topological polar surface area (TPSA) is 85.2 Å². The third-order valence-corrected chi connectivity index (χ3v) is 2.51. The molecule has 3 N–H and O–H groups in total. The maximum Gasteiger partial charge on any atom is 0.333 e. The lowest BCUT2D eigenvalue weighted by Gasteiger charge is -2.02. The molecule has 5 nitrogen and oxygen atoms in total. The molecule has 6 heteroatoms. The number of rotatable bonds is 3. The number of hydrogen-bond donors (Lipinski definition) is 2. The van der Waals surface area contributed by atoms with Crippen molar-refractivity contribution in [2.45, 2.75) is 6.61 Å². The first kappa shape index (κ1) is 10.2. The Labute approximate surface area is 87.1 Å². The van der Waals surface area contributed by atoms with Gasteiger partial charge in [-0.2, -0.15) is 8.42 Å². The fourth-order valence-electron chi connectivity index (χ4n) is 1.42. The minimum atomic E-state index is -3.88.